The Morgan fingerprint density at radius 1 is 1.50 bits per heavy atom. The van der Waals surface area contributed by atoms with Crippen LogP contribution >= 0.6 is 0 Å². The van der Waals surface area contributed by atoms with Gasteiger partial charge in [0.25, 0.3) is 0 Å². The summed E-state index contributed by atoms with van der Waals surface area (Å²) in [5.74, 6) is 1.69. The first-order valence-corrected chi connectivity index (χ1v) is 7.67. The fourth-order valence-electron chi connectivity index (χ4n) is 3.65. The number of rotatable bonds is 5. The van der Waals surface area contributed by atoms with Crippen molar-refractivity contribution in [3.05, 3.63) is 5.82 Å². The number of nitrogens with one attached hydrogen (secondary N) is 1. The first-order chi connectivity index (χ1) is 9.63. The van der Waals surface area contributed by atoms with Crippen LogP contribution in [-0.2, 0) is 11.2 Å². The largest absolute Gasteiger partial charge is 0.339 e. The van der Waals surface area contributed by atoms with Gasteiger partial charge in [-0.1, -0.05) is 18.1 Å². The molecule has 0 saturated heterocycles. The number of aromatic nitrogens is 4. The third-order valence-electron chi connectivity index (χ3n) is 4.93. The highest BCUT2D eigenvalue weighted by Gasteiger charge is 2.61. The molecular formula is C14H23N5O. The molecule has 0 spiro atoms. The van der Waals surface area contributed by atoms with Gasteiger partial charge in [0, 0.05) is 19.0 Å². The minimum absolute atomic E-state index is 0.0141. The van der Waals surface area contributed by atoms with Gasteiger partial charge in [-0.2, -0.15) is 5.21 Å². The molecule has 20 heavy (non-hydrogen) atoms. The number of fused-ring (bicyclic) bond motifs is 1. The molecule has 0 radical (unpaired) electrons. The van der Waals surface area contributed by atoms with Gasteiger partial charge < -0.3 is 4.90 Å². The number of hydrogen-bond donors (Lipinski definition) is 1. The fraction of sp³-hybridized carbons (Fsp3) is 0.857. The quantitative estimate of drug-likeness (QED) is 0.886. The maximum atomic E-state index is 12.9. The van der Waals surface area contributed by atoms with E-state index in [1.165, 1.54) is 19.3 Å². The van der Waals surface area contributed by atoms with Gasteiger partial charge in [0.2, 0.25) is 5.91 Å². The van der Waals surface area contributed by atoms with Crippen molar-refractivity contribution in [2.75, 3.05) is 6.54 Å². The van der Waals surface area contributed by atoms with Gasteiger partial charge in [0.15, 0.2) is 5.82 Å². The number of amides is 1. The normalized spacial score (nSPS) is 28.2. The maximum Gasteiger partial charge on any atom is 0.229 e. The van der Waals surface area contributed by atoms with Crippen molar-refractivity contribution >= 4 is 5.91 Å². The first-order valence-electron chi connectivity index (χ1n) is 7.67. The number of nitrogens with zero attached hydrogens (tertiary/aromatic N) is 4. The maximum absolute atomic E-state index is 12.9. The van der Waals surface area contributed by atoms with Crippen molar-refractivity contribution in [3.63, 3.8) is 0 Å². The number of carbonyl (C=O) groups excluding carboxylic acids is 1. The highest BCUT2D eigenvalue weighted by atomic mass is 16.2. The van der Waals surface area contributed by atoms with E-state index in [2.05, 4.69) is 34.5 Å². The van der Waals surface area contributed by atoms with E-state index in [4.69, 9.17) is 0 Å². The molecule has 0 bridgehead atoms. The zero-order chi connectivity index (χ0) is 14.2. The van der Waals surface area contributed by atoms with Gasteiger partial charge in [-0.15, -0.1) is 10.2 Å². The predicted molar refractivity (Wildman–Crippen MR) is 73.7 cm³/mol. The molecule has 0 aromatic carbocycles. The van der Waals surface area contributed by atoms with Crippen LogP contribution in [0, 0.1) is 11.3 Å². The zero-order valence-electron chi connectivity index (χ0n) is 12.3. The van der Waals surface area contributed by atoms with Crippen LogP contribution in [0.3, 0.4) is 0 Å². The Kier molecular flexibility index (Phi) is 3.48. The number of hydrogen-bond acceptors (Lipinski definition) is 4. The standard InChI is InChI=1S/C14H23N5O/c1-10(2)19(8-6-12-15-17-18-16-12)13(20)14-7-4-3-5-11(14)9-14/h10-11H,3-9H2,1-2H3,(H,15,16,17,18). The zero-order valence-corrected chi connectivity index (χ0v) is 12.3. The van der Waals surface area contributed by atoms with E-state index >= 15 is 0 Å². The second kappa shape index (κ2) is 5.14. The molecule has 2 aliphatic rings. The molecule has 1 amide bonds. The number of carbonyl (C=O) groups is 1. The molecule has 1 aromatic rings. The lowest BCUT2D eigenvalue weighted by Gasteiger charge is -2.32. The van der Waals surface area contributed by atoms with Crippen molar-refractivity contribution in [2.24, 2.45) is 11.3 Å². The fourth-order valence-corrected chi connectivity index (χ4v) is 3.65. The van der Waals surface area contributed by atoms with E-state index in [1.54, 1.807) is 0 Å². The molecule has 2 fully saturated rings. The molecule has 6 nitrogen and oxygen atoms in total. The minimum Gasteiger partial charge on any atom is -0.339 e. The molecular weight excluding hydrogens is 254 g/mol. The van der Waals surface area contributed by atoms with Crippen molar-refractivity contribution in [2.45, 2.75) is 58.4 Å². The molecule has 2 aliphatic carbocycles. The number of aromatic amines is 1. The molecule has 1 aromatic heterocycles. The molecule has 3 rings (SSSR count). The highest BCUT2D eigenvalue weighted by molar-refractivity contribution is 5.86. The van der Waals surface area contributed by atoms with Gasteiger partial charge in [0.1, 0.15) is 0 Å². The molecule has 2 saturated carbocycles. The van der Waals surface area contributed by atoms with Gasteiger partial charge in [-0.3, -0.25) is 4.79 Å². The summed E-state index contributed by atoms with van der Waals surface area (Å²) in [6.45, 7) is 4.86. The van der Waals surface area contributed by atoms with E-state index in [0.29, 0.717) is 30.6 Å². The van der Waals surface area contributed by atoms with Crippen molar-refractivity contribution in [1.82, 2.24) is 25.5 Å². The van der Waals surface area contributed by atoms with Crippen LogP contribution in [0.1, 0.15) is 51.8 Å². The Hall–Kier alpha value is -1.46. The number of tetrazole rings is 1. The smallest absolute Gasteiger partial charge is 0.229 e. The monoisotopic (exact) mass is 277 g/mol. The van der Waals surface area contributed by atoms with Crippen LogP contribution in [0.25, 0.3) is 0 Å². The molecule has 2 atom stereocenters. The lowest BCUT2D eigenvalue weighted by molar-refractivity contribution is -0.140. The number of H-pyrrole nitrogens is 1. The average Bonchev–Trinajstić information content (AvgIpc) is 2.97. The molecule has 1 heterocycles. The molecule has 1 N–H and O–H groups in total. The summed E-state index contributed by atoms with van der Waals surface area (Å²) in [5.41, 5.74) is -0.0141. The lowest BCUT2D eigenvalue weighted by Crippen LogP contribution is -2.44. The first kappa shape index (κ1) is 13.5. The van der Waals surface area contributed by atoms with Gasteiger partial charge in [-0.05, 0) is 39.0 Å². The van der Waals surface area contributed by atoms with Crippen molar-refractivity contribution in [3.8, 4) is 0 Å². The van der Waals surface area contributed by atoms with Crippen LogP contribution in [0.5, 0.6) is 0 Å². The second-order valence-electron chi connectivity index (χ2n) is 6.47. The Morgan fingerprint density at radius 3 is 3.00 bits per heavy atom. The molecule has 6 heteroatoms. The van der Waals surface area contributed by atoms with Gasteiger partial charge in [0.05, 0.1) is 5.41 Å². The molecule has 110 valence electrons. The van der Waals surface area contributed by atoms with Crippen LogP contribution in [0.4, 0.5) is 0 Å². The summed E-state index contributed by atoms with van der Waals surface area (Å²) in [6.07, 6.45) is 6.60. The van der Waals surface area contributed by atoms with Gasteiger partial charge >= 0.3 is 0 Å². The second-order valence-corrected chi connectivity index (χ2v) is 6.47. The van der Waals surface area contributed by atoms with E-state index in [9.17, 15) is 4.79 Å². The SMILES string of the molecule is CC(C)N(CCc1nn[nH]n1)C(=O)C12CCCCC1C2. The van der Waals surface area contributed by atoms with Crippen LogP contribution < -0.4 is 0 Å². The van der Waals surface area contributed by atoms with E-state index < -0.39 is 0 Å². The summed E-state index contributed by atoms with van der Waals surface area (Å²) in [7, 11) is 0. The minimum atomic E-state index is -0.0141. The Morgan fingerprint density at radius 2 is 2.35 bits per heavy atom. The van der Waals surface area contributed by atoms with Gasteiger partial charge in [-0.25, -0.2) is 0 Å². The Bertz CT molecular complexity index is 472. The third-order valence-corrected chi connectivity index (χ3v) is 4.93. The predicted octanol–water partition coefficient (Wildman–Crippen LogP) is 1.56. The lowest BCUT2D eigenvalue weighted by atomic mass is 9.87. The summed E-state index contributed by atoms with van der Waals surface area (Å²) in [4.78, 5) is 14.9. The van der Waals surface area contributed by atoms with Crippen LogP contribution in [0.15, 0.2) is 0 Å². The third kappa shape index (κ3) is 2.31. The summed E-state index contributed by atoms with van der Waals surface area (Å²) in [5, 5.41) is 13.9. The Balaban J connectivity index is 1.66. The van der Waals surface area contributed by atoms with Crippen LogP contribution in [0.2, 0.25) is 0 Å². The summed E-state index contributed by atoms with van der Waals surface area (Å²) in [6, 6.07) is 0.229. The van der Waals surface area contributed by atoms with E-state index in [-0.39, 0.29) is 11.5 Å². The highest BCUT2D eigenvalue weighted by Crippen LogP contribution is 2.62. The molecule has 0 aliphatic heterocycles. The molecule has 2 unspecified atom stereocenters. The van der Waals surface area contributed by atoms with Crippen molar-refractivity contribution in [1.29, 1.82) is 0 Å². The summed E-state index contributed by atoms with van der Waals surface area (Å²) < 4.78 is 0. The Labute approximate surface area is 119 Å². The van der Waals surface area contributed by atoms with E-state index in [1.807, 2.05) is 4.90 Å². The van der Waals surface area contributed by atoms with E-state index in [0.717, 1.165) is 12.8 Å². The topological polar surface area (TPSA) is 74.8 Å². The van der Waals surface area contributed by atoms with Crippen molar-refractivity contribution < 1.29 is 4.79 Å². The summed E-state index contributed by atoms with van der Waals surface area (Å²) >= 11 is 0. The van der Waals surface area contributed by atoms with Crippen LogP contribution in [-0.4, -0.2) is 44.0 Å². The average molecular weight is 277 g/mol.